The topological polar surface area (TPSA) is 98.2 Å². The molecule has 7 nitrogen and oxygen atoms in total. The smallest absolute Gasteiger partial charge is 0.283 e. The number of sulfonamides is 1. The second-order valence-corrected chi connectivity index (χ2v) is 7.07. The molecule has 2 aromatic carbocycles. The fourth-order valence-electron chi connectivity index (χ4n) is 2.33. The molecule has 0 atom stereocenters. The highest BCUT2D eigenvalue weighted by atomic mass is 32.2. The summed E-state index contributed by atoms with van der Waals surface area (Å²) in [6, 6.07) is 18.3. The van der Waals surface area contributed by atoms with Gasteiger partial charge in [0.25, 0.3) is 15.9 Å². The van der Waals surface area contributed by atoms with Crippen LogP contribution in [0.1, 0.15) is 0 Å². The maximum atomic E-state index is 12.3. The van der Waals surface area contributed by atoms with E-state index in [4.69, 9.17) is 8.83 Å². The molecule has 4 rings (SSSR count). The quantitative estimate of drug-likeness (QED) is 0.576. The van der Waals surface area contributed by atoms with E-state index in [0.717, 1.165) is 0 Å². The molecular formula is C18H13N3O4S. The van der Waals surface area contributed by atoms with Crippen molar-refractivity contribution in [3.05, 3.63) is 73.0 Å². The fourth-order valence-corrected chi connectivity index (χ4v) is 3.41. The minimum Gasteiger partial charge on any atom is -0.459 e. The summed E-state index contributed by atoms with van der Waals surface area (Å²) in [4.78, 5) is 0.198. The first-order valence-electron chi connectivity index (χ1n) is 7.67. The third kappa shape index (κ3) is 3.22. The summed E-state index contributed by atoms with van der Waals surface area (Å²) in [5.74, 6) is 1.07. The van der Waals surface area contributed by atoms with Crippen molar-refractivity contribution >= 4 is 15.7 Å². The van der Waals surface area contributed by atoms with Crippen LogP contribution in [0.15, 0.2) is 86.7 Å². The molecule has 0 aliphatic carbocycles. The maximum absolute atomic E-state index is 12.3. The zero-order valence-corrected chi connectivity index (χ0v) is 14.2. The van der Waals surface area contributed by atoms with E-state index in [0.29, 0.717) is 22.9 Å². The van der Waals surface area contributed by atoms with E-state index >= 15 is 0 Å². The number of benzene rings is 2. The molecule has 0 saturated carbocycles. The largest absolute Gasteiger partial charge is 0.459 e. The van der Waals surface area contributed by atoms with Crippen molar-refractivity contribution in [3.8, 4) is 23.1 Å². The van der Waals surface area contributed by atoms with E-state index in [1.165, 1.54) is 18.4 Å². The van der Waals surface area contributed by atoms with Crippen LogP contribution >= 0.6 is 0 Å². The molecule has 130 valence electrons. The van der Waals surface area contributed by atoms with Gasteiger partial charge < -0.3 is 8.83 Å². The average Bonchev–Trinajstić information content (AvgIpc) is 3.34. The summed E-state index contributed by atoms with van der Waals surface area (Å²) in [6.45, 7) is 0. The number of nitrogens with zero attached hydrogens (tertiary/aromatic N) is 2. The second-order valence-electron chi connectivity index (χ2n) is 5.39. The standard InChI is InChI=1S/C18H13N3O4S/c22-26(23,15-5-2-1-3-6-15)21-14-10-8-13(9-11-14)17-19-20-18(25-17)16-7-4-12-24-16/h1-12,21H. The molecule has 0 bridgehead atoms. The molecule has 2 aromatic heterocycles. The van der Waals surface area contributed by atoms with E-state index in [9.17, 15) is 8.42 Å². The van der Waals surface area contributed by atoms with Crippen LogP contribution in [0.5, 0.6) is 0 Å². The Balaban J connectivity index is 1.54. The van der Waals surface area contributed by atoms with Crippen LogP contribution < -0.4 is 4.72 Å². The molecule has 0 unspecified atom stereocenters. The Hall–Kier alpha value is -3.39. The first-order valence-corrected chi connectivity index (χ1v) is 9.16. The lowest BCUT2D eigenvalue weighted by atomic mass is 10.2. The monoisotopic (exact) mass is 367 g/mol. The van der Waals surface area contributed by atoms with Crippen LogP contribution in [-0.4, -0.2) is 18.6 Å². The molecule has 0 amide bonds. The lowest BCUT2D eigenvalue weighted by molar-refractivity contribution is 0.523. The molecule has 1 N–H and O–H groups in total. The maximum Gasteiger partial charge on any atom is 0.283 e. The third-order valence-electron chi connectivity index (χ3n) is 3.59. The zero-order chi connectivity index (χ0) is 18.0. The van der Waals surface area contributed by atoms with Crippen molar-refractivity contribution in [2.45, 2.75) is 4.90 Å². The molecular weight excluding hydrogens is 354 g/mol. The van der Waals surface area contributed by atoms with Gasteiger partial charge in [-0.25, -0.2) is 8.42 Å². The van der Waals surface area contributed by atoms with Crippen LogP contribution in [-0.2, 0) is 10.0 Å². The van der Waals surface area contributed by atoms with Crippen LogP contribution in [0.4, 0.5) is 5.69 Å². The highest BCUT2D eigenvalue weighted by Crippen LogP contribution is 2.25. The van der Waals surface area contributed by atoms with Crippen LogP contribution in [0.3, 0.4) is 0 Å². The molecule has 2 heterocycles. The Morgan fingerprint density at radius 3 is 2.23 bits per heavy atom. The predicted octanol–water partition coefficient (Wildman–Crippen LogP) is 3.80. The van der Waals surface area contributed by atoms with Crippen molar-refractivity contribution < 1.29 is 17.3 Å². The van der Waals surface area contributed by atoms with Gasteiger partial charge in [-0.2, -0.15) is 0 Å². The molecule has 0 aliphatic rings. The Kier molecular flexibility index (Phi) is 4.02. The normalized spacial score (nSPS) is 11.4. The fraction of sp³-hybridized carbons (Fsp3) is 0. The van der Waals surface area contributed by atoms with Crippen molar-refractivity contribution in [2.24, 2.45) is 0 Å². The number of furan rings is 1. The van der Waals surface area contributed by atoms with Crippen molar-refractivity contribution in [3.63, 3.8) is 0 Å². The number of hydrogen-bond donors (Lipinski definition) is 1. The SMILES string of the molecule is O=S(=O)(Nc1ccc(-c2nnc(-c3ccco3)o2)cc1)c1ccccc1. The molecule has 26 heavy (non-hydrogen) atoms. The molecule has 8 heteroatoms. The highest BCUT2D eigenvalue weighted by Gasteiger charge is 2.15. The number of rotatable bonds is 5. The summed E-state index contributed by atoms with van der Waals surface area (Å²) in [7, 11) is -3.63. The Bertz CT molecular complexity index is 1100. The van der Waals surface area contributed by atoms with Gasteiger partial charge in [0.2, 0.25) is 5.89 Å². The van der Waals surface area contributed by atoms with Gasteiger partial charge in [-0.05, 0) is 48.5 Å². The molecule has 0 fully saturated rings. The summed E-state index contributed by atoms with van der Waals surface area (Å²) < 4.78 is 38.0. The van der Waals surface area contributed by atoms with Gasteiger partial charge in [-0.15, -0.1) is 10.2 Å². The van der Waals surface area contributed by atoms with Gasteiger partial charge in [0.05, 0.1) is 11.2 Å². The van der Waals surface area contributed by atoms with Crippen LogP contribution in [0.2, 0.25) is 0 Å². The van der Waals surface area contributed by atoms with Crippen molar-refractivity contribution in [1.29, 1.82) is 0 Å². The average molecular weight is 367 g/mol. The zero-order valence-electron chi connectivity index (χ0n) is 13.4. The van der Waals surface area contributed by atoms with Gasteiger partial charge in [-0.1, -0.05) is 18.2 Å². The van der Waals surface area contributed by atoms with Crippen LogP contribution in [0, 0.1) is 0 Å². The predicted molar refractivity (Wildman–Crippen MR) is 94.7 cm³/mol. The molecule has 0 saturated heterocycles. The number of hydrogen-bond acceptors (Lipinski definition) is 6. The van der Waals surface area contributed by atoms with Crippen molar-refractivity contribution in [2.75, 3.05) is 4.72 Å². The summed E-state index contributed by atoms with van der Waals surface area (Å²) in [5.41, 5.74) is 1.10. The van der Waals surface area contributed by atoms with Gasteiger partial charge in [0, 0.05) is 11.3 Å². The Labute approximate surface area is 149 Å². The minimum atomic E-state index is -3.63. The van der Waals surface area contributed by atoms with Gasteiger partial charge in [0.1, 0.15) is 0 Å². The summed E-state index contributed by atoms with van der Waals surface area (Å²) in [6.07, 6.45) is 1.52. The number of anilines is 1. The highest BCUT2D eigenvalue weighted by molar-refractivity contribution is 7.92. The van der Waals surface area contributed by atoms with E-state index in [1.54, 1.807) is 54.6 Å². The van der Waals surface area contributed by atoms with Crippen molar-refractivity contribution in [1.82, 2.24) is 10.2 Å². The van der Waals surface area contributed by atoms with E-state index in [2.05, 4.69) is 14.9 Å². The van der Waals surface area contributed by atoms with Gasteiger partial charge in [-0.3, -0.25) is 4.72 Å². The van der Waals surface area contributed by atoms with Crippen LogP contribution in [0.25, 0.3) is 23.1 Å². The first kappa shape index (κ1) is 16.1. The van der Waals surface area contributed by atoms with E-state index in [1.807, 2.05) is 0 Å². The lowest BCUT2D eigenvalue weighted by Crippen LogP contribution is -2.12. The molecule has 0 spiro atoms. The third-order valence-corrected chi connectivity index (χ3v) is 4.99. The lowest BCUT2D eigenvalue weighted by Gasteiger charge is -2.08. The Morgan fingerprint density at radius 1 is 0.808 bits per heavy atom. The number of aromatic nitrogens is 2. The molecule has 4 aromatic rings. The molecule has 0 radical (unpaired) electrons. The summed E-state index contributed by atoms with van der Waals surface area (Å²) >= 11 is 0. The van der Waals surface area contributed by atoms with E-state index < -0.39 is 10.0 Å². The van der Waals surface area contributed by atoms with E-state index in [-0.39, 0.29) is 10.8 Å². The Morgan fingerprint density at radius 2 is 1.54 bits per heavy atom. The first-order chi connectivity index (χ1) is 12.6. The van der Waals surface area contributed by atoms with Gasteiger partial charge >= 0.3 is 0 Å². The number of nitrogens with one attached hydrogen (secondary N) is 1. The minimum absolute atomic E-state index is 0.198. The summed E-state index contributed by atoms with van der Waals surface area (Å²) in [5, 5.41) is 7.91. The molecule has 0 aliphatic heterocycles. The van der Waals surface area contributed by atoms with Gasteiger partial charge in [0.15, 0.2) is 5.76 Å². The second kappa shape index (κ2) is 6.49.